The van der Waals surface area contributed by atoms with Crippen LogP contribution in [0.4, 0.5) is 11.6 Å². The molecule has 10 nitrogen and oxygen atoms in total. The third kappa shape index (κ3) is 2.72. The average Bonchev–Trinajstić information content (AvgIpc) is 3.23. The maximum Gasteiger partial charge on any atom is 0.234 e. The summed E-state index contributed by atoms with van der Waals surface area (Å²) in [7, 11) is 1.55. The van der Waals surface area contributed by atoms with Crippen LogP contribution in [-0.2, 0) is 6.54 Å². The van der Waals surface area contributed by atoms with Gasteiger partial charge < -0.3 is 10.1 Å². The predicted molar refractivity (Wildman–Crippen MR) is 84.9 cm³/mol. The van der Waals surface area contributed by atoms with Crippen LogP contribution >= 0.6 is 0 Å². The van der Waals surface area contributed by atoms with E-state index in [1.165, 1.54) is 0 Å². The zero-order chi connectivity index (χ0) is 16.4. The van der Waals surface area contributed by atoms with E-state index in [-0.39, 0.29) is 0 Å². The van der Waals surface area contributed by atoms with Gasteiger partial charge in [-0.3, -0.25) is 5.10 Å². The summed E-state index contributed by atoms with van der Waals surface area (Å²) in [4.78, 5) is 8.91. The maximum atomic E-state index is 5.03. The maximum absolute atomic E-state index is 5.03. The number of hydrogen-bond donors (Lipinski definition) is 2. The van der Waals surface area contributed by atoms with Crippen LogP contribution in [0.25, 0.3) is 11.2 Å². The van der Waals surface area contributed by atoms with E-state index in [0.29, 0.717) is 35.2 Å². The number of hydrogen-bond acceptors (Lipinski definition) is 8. The van der Waals surface area contributed by atoms with Gasteiger partial charge in [-0.15, -0.1) is 5.10 Å². The van der Waals surface area contributed by atoms with Crippen LogP contribution in [-0.4, -0.2) is 47.3 Å². The molecule has 0 aliphatic heterocycles. The Morgan fingerprint density at radius 3 is 3.08 bits per heavy atom. The molecule has 0 radical (unpaired) electrons. The predicted octanol–water partition coefficient (Wildman–Crippen LogP) is 1.14. The molecule has 10 heteroatoms. The summed E-state index contributed by atoms with van der Waals surface area (Å²) < 4.78 is 6.76. The van der Waals surface area contributed by atoms with E-state index in [2.05, 4.69) is 40.8 Å². The van der Waals surface area contributed by atoms with Crippen molar-refractivity contribution < 1.29 is 4.74 Å². The summed E-state index contributed by atoms with van der Waals surface area (Å²) in [5.74, 6) is 1.70. The second kappa shape index (κ2) is 5.91. The summed E-state index contributed by atoms with van der Waals surface area (Å²) >= 11 is 0. The van der Waals surface area contributed by atoms with E-state index in [4.69, 9.17) is 4.74 Å². The van der Waals surface area contributed by atoms with Gasteiger partial charge in [0, 0.05) is 12.3 Å². The number of ether oxygens (including phenoxy) is 1. The highest BCUT2D eigenvalue weighted by Gasteiger charge is 2.09. The molecule has 0 atom stereocenters. The number of rotatable bonds is 5. The zero-order valence-electron chi connectivity index (χ0n) is 12.7. The van der Waals surface area contributed by atoms with Crippen LogP contribution in [0.1, 0.15) is 5.69 Å². The zero-order valence-corrected chi connectivity index (χ0v) is 12.7. The van der Waals surface area contributed by atoms with Gasteiger partial charge in [-0.2, -0.15) is 15.3 Å². The Kier molecular flexibility index (Phi) is 3.46. The lowest BCUT2D eigenvalue weighted by Gasteiger charge is -2.04. The van der Waals surface area contributed by atoms with Crippen molar-refractivity contribution in [2.45, 2.75) is 6.54 Å². The molecule has 4 rings (SSSR count). The third-order valence-electron chi connectivity index (χ3n) is 3.31. The quantitative estimate of drug-likeness (QED) is 0.561. The first-order valence-corrected chi connectivity index (χ1v) is 7.13. The molecule has 0 spiro atoms. The van der Waals surface area contributed by atoms with Crippen molar-refractivity contribution >= 4 is 22.8 Å². The molecule has 0 saturated carbocycles. The van der Waals surface area contributed by atoms with Gasteiger partial charge in [0.2, 0.25) is 5.88 Å². The summed E-state index contributed by atoms with van der Waals surface area (Å²) in [5, 5.41) is 22.1. The summed E-state index contributed by atoms with van der Waals surface area (Å²) in [5.41, 5.74) is 2.14. The number of nitrogens with one attached hydrogen (secondary N) is 2. The van der Waals surface area contributed by atoms with E-state index in [0.717, 1.165) is 5.69 Å². The minimum Gasteiger partial charge on any atom is -0.480 e. The van der Waals surface area contributed by atoms with Gasteiger partial charge in [-0.05, 0) is 12.1 Å². The van der Waals surface area contributed by atoms with Crippen molar-refractivity contribution in [3.8, 4) is 5.88 Å². The highest BCUT2D eigenvalue weighted by Crippen LogP contribution is 2.18. The highest BCUT2D eigenvalue weighted by atomic mass is 16.5. The first kappa shape index (κ1) is 14.1. The normalized spacial score (nSPS) is 10.9. The van der Waals surface area contributed by atoms with Crippen LogP contribution in [0.2, 0.25) is 0 Å². The van der Waals surface area contributed by atoms with Gasteiger partial charge in [0.05, 0.1) is 31.7 Å². The second-order valence-corrected chi connectivity index (χ2v) is 4.93. The molecule has 0 bridgehead atoms. The van der Waals surface area contributed by atoms with E-state index in [1.54, 1.807) is 36.4 Å². The molecule has 0 saturated heterocycles. The summed E-state index contributed by atoms with van der Waals surface area (Å²) in [6.45, 7) is 0.466. The van der Waals surface area contributed by atoms with Crippen molar-refractivity contribution in [2.24, 2.45) is 0 Å². The Balaban J connectivity index is 1.63. The van der Waals surface area contributed by atoms with Crippen LogP contribution in [0.15, 0.2) is 36.8 Å². The molecule has 0 aromatic carbocycles. The SMILES string of the molecule is COc1cc(Nc2cnc3cnn(Cc4cccnn4)c3n2)[nH]n1. The lowest BCUT2D eigenvalue weighted by Crippen LogP contribution is -2.06. The molecule has 2 N–H and O–H groups in total. The molecule has 4 aromatic rings. The first-order valence-electron chi connectivity index (χ1n) is 7.13. The lowest BCUT2D eigenvalue weighted by molar-refractivity contribution is 0.397. The highest BCUT2D eigenvalue weighted by molar-refractivity contribution is 5.72. The molecule has 4 aromatic heterocycles. The molecule has 0 aliphatic carbocycles. The van der Waals surface area contributed by atoms with Gasteiger partial charge in [0.25, 0.3) is 0 Å². The van der Waals surface area contributed by atoms with Gasteiger partial charge in [0.15, 0.2) is 11.5 Å². The Hall–Kier alpha value is -3.56. The largest absolute Gasteiger partial charge is 0.480 e. The Morgan fingerprint density at radius 1 is 1.33 bits per heavy atom. The average molecular weight is 323 g/mol. The molecule has 4 heterocycles. The number of fused-ring (bicyclic) bond motifs is 1. The minimum absolute atomic E-state index is 0.466. The molecular formula is C14H13N9O. The standard InChI is InChI=1S/C14H13N9O/c1-24-13-5-11(21-22-13)18-12-7-15-10-6-17-23(14(10)19-12)8-9-3-2-4-16-20-9/h2-7H,8H2,1H3,(H2,18,19,21,22). The molecule has 120 valence electrons. The Morgan fingerprint density at radius 2 is 2.29 bits per heavy atom. The summed E-state index contributed by atoms with van der Waals surface area (Å²) in [6.07, 6.45) is 4.93. The fraction of sp³-hybridized carbons (Fsp3) is 0.143. The lowest BCUT2D eigenvalue weighted by atomic mass is 10.4. The Labute approximate surface area is 135 Å². The van der Waals surface area contributed by atoms with Crippen molar-refractivity contribution in [2.75, 3.05) is 12.4 Å². The monoisotopic (exact) mass is 323 g/mol. The van der Waals surface area contributed by atoms with E-state index >= 15 is 0 Å². The van der Waals surface area contributed by atoms with Crippen LogP contribution in [0, 0.1) is 0 Å². The van der Waals surface area contributed by atoms with E-state index < -0.39 is 0 Å². The number of aromatic amines is 1. The van der Waals surface area contributed by atoms with Gasteiger partial charge >= 0.3 is 0 Å². The Bertz CT molecular complexity index is 963. The fourth-order valence-electron chi connectivity index (χ4n) is 2.21. The number of H-pyrrole nitrogens is 1. The van der Waals surface area contributed by atoms with Crippen molar-refractivity contribution in [1.82, 2.24) is 40.1 Å². The van der Waals surface area contributed by atoms with Crippen molar-refractivity contribution in [3.05, 3.63) is 42.5 Å². The van der Waals surface area contributed by atoms with Crippen molar-refractivity contribution in [3.63, 3.8) is 0 Å². The smallest absolute Gasteiger partial charge is 0.234 e. The van der Waals surface area contributed by atoms with Crippen LogP contribution < -0.4 is 10.1 Å². The van der Waals surface area contributed by atoms with Crippen LogP contribution in [0.3, 0.4) is 0 Å². The number of aromatic nitrogens is 8. The molecule has 0 unspecified atom stereocenters. The molecular weight excluding hydrogens is 310 g/mol. The second-order valence-electron chi connectivity index (χ2n) is 4.93. The minimum atomic E-state index is 0.466. The first-order chi connectivity index (χ1) is 11.8. The topological polar surface area (TPSA) is 119 Å². The molecule has 0 amide bonds. The number of methoxy groups -OCH3 is 1. The molecule has 0 fully saturated rings. The van der Waals surface area contributed by atoms with Crippen molar-refractivity contribution in [1.29, 1.82) is 0 Å². The molecule has 24 heavy (non-hydrogen) atoms. The van der Waals surface area contributed by atoms with Gasteiger partial charge in [-0.1, -0.05) is 0 Å². The number of anilines is 2. The number of nitrogens with zero attached hydrogens (tertiary/aromatic N) is 7. The fourth-order valence-corrected chi connectivity index (χ4v) is 2.21. The molecule has 0 aliphatic rings. The van der Waals surface area contributed by atoms with Gasteiger partial charge in [-0.25, -0.2) is 14.6 Å². The van der Waals surface area contributed by atoms with Crippen LogP contribution in [0.5, 0.6) is 5.88 Å². The summed E-state index contributed by atoms with van der Waals surface area (Å²) in [6, 6.07) is 5.44. The van der Waals surface area contributed by atoms with E-state index in [1.807, 2.05) is 12.1 Å². The third-order valence-corrected chi connectivity index (χ3v) is 3.31. The van der Waals surface area contributed by atoms with E-state index in [9.17, 15) is 0 Å². The van der Waals surface area contributed by atoms with Gasteiger partial charge in [0.1, 0.15) is 11.3 Å².